The summed E-state index contributed by atoms with van der Waals surface area (Å²) in [4.78, 5) is 0. The van der Waals surface area contributed by atoms with Gasteiger partial charge in [-0.15, -0.1) is 0 Å². The predicted molar refractivity (Wildman–Crippen MR) is 94.5 cm³/mol. The van der Waals surface area contributed by atoms with Crippen LogP contribution in [-0.4, -0.2) is 36.7 Å². The Kier molecular flexibility index (Phi) is 6.46. The number of hydrogen-bond donors (Lipinski definition) is 3. The van der Waals surface area contributed by atoms with E-state index in [1.165, 1.54) is 33.5 Å². The zero-order valence-corrected chi connectivity index (χ0v) is 14.3. The summed E-state index contributed by atoms with van der Waals surface area (Å²) in [5.74, 6) is 0.622. The molecule has 7 heteroatoms. The summed E-state index contributed by atoms with van der Waals surface area (Å²) >= 11 is 5.24. The minimum absolute atomic E-state index is 0.0328. The molecule has 0 atom stereocenters. The van der Waals surface area contributed by atoms with Gasteiger partial charge in [0.15, 0.2) is 16.6 Å². The van der Waals surface area contributed by atoms with E-state index in [2.05, 4.69) is 15.8 Å². The fourth-order valence-corrected chi connectivity index (χ4v) is 2.84. The van der Waals surface area contributed by atoms with Crippen molar-refractivity contribution in [1.29, 1.82) is 0 Å². The largest absolute Gasteiger partial charge is 0.502 e. The van der Waals surface area contributed by atoms with Crippen molar-refractivity contribution in [2.24, 2.45) is 5.10 Å². The zero-order valence-electron chi connectivity index (χ0n) is 13.5. The van der Waals surface area contributed by atoms with Crippen molar-refractivity contribution in [3.63, 3.8) is 0 Å². The summed E-state index contributed by atoms with van der Waals surface area (Å²) in [6.45, 7) is 0. The number of hydrogen-bond acceptors (Lipinski definition) is 5. The van der Waals surface area contributed by atoms with Crippen LogP contribution in [0.5, 0.6) is 17.2 Å². The Morgan fingerprint density at radius 2 is 1.83 bits per heavy atom. The summed E-state index contributed by atoms with van der Waals surface area (Å²) in [5.41, 5.74) is 3.54. The van der Waals surface area contributed by atoms with Gasteiger partial charge in [0, 0.05) is 11.6 Å². The van der Waals surface area contributed by atoms with Gasteiger partial charge >= 0.3 is 0 Å². The lowest BCUT2D eigenvalue weighted by Gasteiger charge is -2.23. The van der Waals surface area contributed by atoms with Crippen LogP contribution < -0.4 is 20.2 Å². The van der Waals surface area contributed by atoms with Crippen LogP contribution in [0.2, 0.25) is 0 Å². The van der Waals surface area contributed by atoms with Gasteiger partial charge in [-0.05, 0) is 37.2 Å². The summed E-state index contributed by atoms with van der Waals surface area (Å²) in [7, 11) is 2.97. The highest BCUT2D eigenvalue weighted by atomic mass is 32.1. The topological polar surface area (TPSA) is 75.1 Å². The molecule has 1 saturated carbocycles. The highest BCUT2D eigenvalue weighted by Crippen LogP contribution is 2.36. The number of benzene rings is 1. The summed E-state index contributed by atoms with van der Waals surface area (Å²) < 4.78 is 10.2. The van der Waals surface area contributed by atoms with Gasteiger partial charge in [0.05, 0.1) is 20.4 Å². The molecule has 0 aromatic heterocycles. The Labute approximate surface area is 141 Å². The molecule has 1 aromatic carbocycles. The lowest BCUT2D eigenvalue weighted by atomic mass is 9.96. The second-order valence-corrected chi connectivity index (χ2v) is 5.86. The Morgan fingerprint density at radius 3 is 2.39 bits per heavy atom. The third-order valence-electron chi connectivity index (χ3n) is 3.82. The van der Waals surface area contributed by atoms with E-state index in [-0.39, 0.29) is 5.75 Å². The molecule has 0 heterocycles. The molecule has 0 radical (unpaired) electrons. The minimum Gasteiger partial charge on any atom is -0.502 e. The van der Waals surface area contributed by atoms with E-state index in [1.54, 1.807) is 18.3 Å². The predicted octanol–water partition coefficient (Wildman–Crippen LogP) is 2.54. The quantitative estimate of drug-likeness (QED) is 0.435. The third-order valence-corrected chi connectivity index (χ3v) is 4.03. The number of phenols is 1. The number of nitrogens with zero attached hydrogens (tertiary/aromatic N) is 1. The third kappa shape index (κ3) is 4.99. The lowest BCUT2D eigenvalue weighted by Crippen LogP contribution is -2.40. The summed E-state index contributed by atoms with van der Waals surface area (Å²) in [6, 6.07) is 3.77. The van der Waals surface area contributed by atoms with Crippen molar-refractivity contribution in [2.45, 2.75) is 38.1 Å². The molecule has 3 N–H and O–H groups in total. The molecule has 0 amide bonds. The first-order valence-corrected chi connectivity index (χ1v) is 8.09. The molecule has 23 heavy (non-hydrogen) atoms. The Balaban J connectivity index is 1.93. The maximum Gasteiger partial charge on any atom is 0.200 e. The number of ether oxygens (including phenoxy) is 2. The molecule has 6 nitrogen and oxygen atoms in total. The maximum atomic E-state index is 9.87. The van der Waals surface area contributed by atoms with Crippen molar-refractivity contribution in [3.8, 4) is 17.2 Å². The molecule has 0 saturated heterocycles. The van der Waals surface area contributed by atoms with Crippen LogP contribution in [0.4, 0.5) is 0 Å². The number of thiocarbonyl (C=S) groups is 1. The van der Waals surface area contributed by atoms with Crippen LogP contribution in [0.25, 0.3) is 0 Å². The molecule has 0 bridgehead atoms. The molecule has 1 aliphatic rings. The minimum atomic E-state index is -0.0328. The lowest BCUT2D eigenvalue weighted by molar-refractivity contribution is 0.340. The van der Waals surface area contributed by atoms with Gasteiger partial charge in [-0.1, -0.05) is 19.3 Å². The van der Waals surface area contributed by atoms with Crippen molar-refractivity contribution < 1.29 is 14.6 Å². The first kappa shape index (κ1) is 17.3. The zero-order chi connectivity index (χ0) is 16.7. The van der Waals surface area contributed by atoms with E-state index in [0.717, 1.165) is 18.4 Å². The Bertz CT molecular complexity index is 547. The van der Waals surface area contributed by atoms with Gasteiger partial charge in [-0.2, -0.15) is 5.10 Å². The van der Waals surface area contributed by atoms with Gasteiger partial charge in [-0.3, -0.25) is 5.43 Å². The molecule has 2 rings (SSSR count). The summed E-state index contributed by atoms with van der Waals surface area (Å²) in [6.07, 6.45) is 7.70. The van der Waals surface area contributed by atoms with Crippen LogP contribution in [0, 0.1) is 0 Å². The van der Waals surface area contributed by atoms with Crippen LogP contribution in [0.1, 0.15) is 37.7 Å². The number of phenolic OH excluding ortho intramolecular Hbond substituents is 1. The summed E-state index contributed by atoms with van der Waals surface area (Å²) in [5, 5.41) is 17.8. The van der Waals surface area contributed by atoms with E-state index >= 15 is 0 Å². The first-order valence-electron chi connectivity index (χ1n) is 7.68. The SMILES string of the molecule is COc1cc(/C=N\NC(=S)NC2CCCCC2)cc(OC)c1O. The van der Waals surface area contributed by atoms with Gasteiger partial charge in [0.2, 0.25) is 5.75 Å². The molecule has 1 aromatic rings. The van der Waals surface area contributed by atoms with Gasteiger partial charge < -0.3 is 19.9 Å². The van der Waals surface area contributed by atoms with Crippen LogP contribution in [-0.2, 0) is 0 Å². The van der Waals surface area contributed by atoms with Gasteiger partial charge in [0.25, 0.3) is 0 Å². The first-order chi connectivity index (χ1) is 11.1. The number of nitrogens with one attached hydrogen (secondary N) is 2. The van der Waals surface area contributed by atoms with Crippen molar-refractivity contribution >= 4 is 23.5 Å². The average Bonchev–Trinajstić information content (AvgIpc) is 2.57. The van der Waals surface area contributed by atoms with E-state index < -0.39 is 0 Å². The molecule has 0 unspecified atom stereocenters. The van der Waals surface area contributed by atoms with Crippen molar-refractivity contribution in [2.75, 3.05) is 14.2 Å². The average molecular weight is 337 g/mol. The van der Waals surface area contributed by atoms with Crippen molar-refractivity contribution in [3.05, 3.63) is 17.7 Å². The molecule has 1 aliphatic carbocycles. The second kappa shape index (κ2) is 8.57. The Morgan fingerprint density at radius 1 is 1.22 bits per heavy atom. The monoisotopic (exact) mass is 337 g/mol. The standard InChI is InChI=1S/C16H23N3O3S/c1-21-13-8-11(9-14(22-2)15(13)20)10-17-19-16(23)18-12-6-4-3-5-7-12/h8-10,12,20H,3-7H2,1-2H3,(H2,18,19,23)/b17-10-. The number of hydrazone groups is 1. The molecule has 1 fully saturated rings. The second-order valence-electron chi connectivity index (χ2n) is 5.45. The number of aromatic hydroxyl groups is 1. The highest BCUT2D eigenvalue weighted by Gasteiger charge is 2.13. The normalized spacial score (nSPS) is 15.4. The molecular weight excluding hydrogens is 314 g/mol. The Hall–Kier alpha value is -2.02. The number of methoxy groups -OCH3 is 2. The van der Waals surface area contributed by atoms with E-state index in [1.807, 2.05) is 0 Å². The van der Waals surface area contributed by atoms with Crippen LogP contribution >= 0.6 is 12.2 Å². The molecule has 0 aliphatic heterocycles. The maximum absolute atomic E-state index is 9.87. The van der Waals surface area contributed by atoms with Crippen molar-refractivity contribution in [1.82, 2.24) is 10.7 Å². The van der Waals surface area contributed by atoms with Gasteiger partial charge in [-0.25, -0.2) is 0 Å². The molecule has 126 valence electrons. The molecular formula is C16H23N3O3S. The highest BCUT2D eigenvalue weighted by molar-refractivity contribution is 7.80. The van der Waals surface area contributed by atoms with Gasteiger partial charge in [0.1, 0.15) is 0 Å². The molecule has 0 spiro atoms. The number of rotatable bonds is 5. The fraction of sp³-hybridized carbons (Fsp3) is 0.500. The van der Waals surface area contributed by atoms with E-state index in [0.29, 0.717) is 22.7 Å². The van der Waals surface area contributed by atoms with E-state index in [4.69, 9.17) is 21.7 Å². The smallest absolute Gasteiger partial charge is 0.200 e. The van der Waals surface area contributed by atoms with Crippen LogP contribution in [0.15, 0.2) is 17.2 Å². The van der Waals surface area contributed by atoms with E-state index in [9.17, 15) is 5.11 Å². The fourth-order valence-electron chi connectivity index (χ4n) is 2.62. The van der Waals surface area contributed by atoms with Crippen LogP contribution in [0.3, 0.4) is 0 Å².